The van der Waals surface area contributed by atoms with Gasteiger partial charge in [0.2, 0.25) is 0 Å². The molecule has 29 heavy (non-hydrogen) atoms. The van der Waals surface area contributed by atoms with Crippen molar-refractivity contribution in [1.82, 2.24) is 20.2 Å². The van der Waals surface area contributed by atoms with Crippen molar-refractivity contribution in [2.24, 2.45) is 0 Å². The average Bonchev–Trinajstić information content (AvgIpc) is 3.54. The minimum atomic E-state index is -0.203. The van der Waals surface area contributed by atoms with Crippen LogP contribution in [0.25, 0.3) is 11.4 Å². The van der Waals surface area contributed by atoms with Gasteiger partial charge in [-0.2, -0.15) is 0 Å². The molecule has 4 N–H and O–H groups in total. The highest BCUT2D eigenvalue weighted by molar-refractivity contribution is 5.93. The molecule has 1 aromatic heterocycles. The molecular formula is C21H26N6O2. The predicted octanol–water partition coefficient (Wildman–Crippen LogP) is 3.03. The number of carbonyl (C=O) groups is 2. The second-order valence-electron chi connectivity index (χ2n) is 7.66. The number of anilines is 2. The Hall–Kier alpha value is -3.16. The number of aromatic nitrogens is 2. The summed E-state index contributed by atoms with van der Waals surface area (Å²) in [4.78, 5) is 35.3. The standard InChI is InChI=1S/C21H26N6O2/c22-18-13-17(20(28)27-11-3-1-2-4-12-27)25-19(26-18)14-5-7-15(8-6-14)23-21(29)24-16-9-10-16/h5-8,13,16H,1-4,9-12H2,(H2,22,25,26)(H2,23,24,29). The number of carbonyl (C=O) groups excluding carboxylic acids is 2. The van der Waals surface area contributed by atoms with Crippen molar-refractivity contribution < 1.29 is 9.59 Å². The molecule has 4 rings (SSSR count). The average molecular weight is 394 g/mol. The summed E-state index contributed by atoms with van der Waals surface area (Å²) in [5, 5.41) is 5.68. The van der Waals surface area contributed by atoms with Crippen LogP contribution in [0.4, 0.5) is 16.3 Å². The summed E-state index contributed by atoms with van der Waals surface area (Å²) in [7, 11) is 0. The summed E-state index contributed by atoms with van der Waals surface area (Å²) in [6.07, 6.45) is 6.42. The molecule has 152 valence electrons. The zero-order valence-corrected chi connectivity index (χ0v) is 16.4. The zero-order chi connectivity index (χ0) is 20.2. The van der Waals surface area contributed by atoms with E-state index >= 15 is 0 Å². The van der Waals surface area contributed by atoms with Crippen LogP contribution < -0.4 is 16.4 Å². The van der Waals surface area contributed by atoms with Gasteiger partial charge in [0.25, 0.3) is 5.91 Å². The van der Waals surface area contributed by atoms with Gasteiger partial charge in [0.05, 0.1) is 0 Å². The molecule has 0 bridgehead atoms. The monoisotopic (exact) mass is 394 g/mol. The third-order valence-electron chi connectivity index (χ3n) is 5.17. The van der Waals surface area contributed by atoms with E-state index in [4.69, 9.17) is 5.73 Å². The smallest absolute Gasteiger partial charge is 0.319 e. The molecule has 1 aliphatic heterocycles. The van der Waals surface area contributed by atoms with E-state index in [2.05, 4.69) is 20.6 Å². The van der Waals surface area contributed by atoms with E-state index in [1.165, 1.54) is 6.07 Å². The highest BCUT2D eigenvalue weighted by Crippen LogP contribution is 2.22. The molecule has 8 nitrogen and oxygen atoms in total. The van der Waals surface area contributed by atoms with Crippen LogP contribution in [-0.4, -0.2) is 45.9 Å². The Kier molecular flexibility index (Phi) is 5.59. The van der Waals surface area contributed by atoms with Crippen LogP contribution in [0.2, 0.25) is 0 Å². The molecule has 2 heterocycles. The van der Waals surface area contributed by atoms with Crippen LogP contribution in [0.1, 0.15) is 49.0 Å². The number of benzene rings is 1. The molecule has 8 heteroatoms. The van der Waals surface area contributed by atoms with Gasteiger partial charge >= 0.3 is 6.03 Å². The quantitative estimate of drug-likeness (QED) is 0.738. The van der Waals surface area contributed by atoms with Crippen molar-refractivity contribution in [2.75, 3.05) is 24.1 Å². The molecule has 0 radical (unpaired) electrons. The fraction of sp³-hybridized carbons (Fsp3) is 0.429. The number of rotatable bonds is 4. The second-order valence-corrected chi connectivity index (χ2v) is 7.66. The third-order valence-corrected chi connectivity index (χ3v) is 5.17. The Morgan fingerprint density at radius 2 is 1.69 bits per heavy atom. The van der Waals surface area contributed by atoms with E-state index in [1.807, 2.05) is 17.0 Å². The van der Waals surface area contributed by atoms with Gasteiger partial charge in [-0.3, -0.25) is 4.79 Å². The number of amides is 3. The Labute approximate surface area is 169 Å². The Morgan fingerprint density at radius 3 is 2.34 bits per heavy atom. The van der Waals surface area contributed by atoms with Crippen molar-refractivity contribution in [3.05, 3.63) is 36.0 Å². The maximum absolute atomic E-state index is 12.9. The number of nitrogens with two attached hydrogens (primary N) is 1. The summed E-state index contributed by atoms with van der Waals surface area (Å²) in [6.45, 7) is 1.50. The highest BCUT2D eigenvalue weighted by atomic mass is 16.2. The molecule has 0 spiro atoms. The van der Waals surface area contributed by atoms with Crippen molar-refractivity contribution in [2.45, 2.75) is 44.6 Å². The van der Waals surface area contributed by atoms with Crippen LogP contribution in [-0.2, 0) is 0 Å². The first kappa shape index (κ1) is 19.2. The molecule has 1 aromatic carbocycles. The number of nitrogens with one attached hydrogen (secondary N) is 2. The minimum Gasteiger partial charge on any atom is -0.384 e. The van der Waals surface area contributed by atoms with Crippen molar-refractivity contribution in [3.63, 3.8) is 0 Å². The second kappa shape index (κ2) is 8.46. The number of nitrogens with zero attached hydrogens (tertiary/aromatic N) is 3. The predicted molar refractivity (Wildman–Crippen MR) is 111 cm³/mol. The van der Waals surface area contributed by atoms with E-state index in [9.17, 15) is 9.59 Å². The first-order chi connectivity index (χ1) is 14.1. The molecular weight excluding hydrogens is 368 g/mol. The largest absolute Gasteiger partial charge is 0.384 e. The van der Waals surface area contributed by atoms with Crippen LogP contribution in [0.15, 0.2) is 30.3 Å². The first-order valence-corrected chi connectivity index (χ1v) is 10.2. The number of nitrogen functional groups attached to an aromatic ring is 1. The Balaban J connectivity index is 1.49. The van der Waals surface area contributed by atoms with E-state index in [-0.39, 0.29) is 17.8 Å². The summed E-state index contributed by atoms with van der Waals surface area (Å²) in [6, 6.07) is 8.81. The van der Waals surface area contributed by atoms with Crippen LogP contribution in [0.5, 0.6) is 0 Å². The number of likely N-dealkylation sites (tertiary alicyclic amines) is 1. The van der Waals surface area contributed by atoms with Gasteiger partial charge in [-0.1, -0.05) is 12.8 Å². The first-order valence-electron chi connectivity index (χ1n) is 10.2. The van der Waals surface area contributed by atoms with Crippen molar-refractivity contribution >= 4 is 23.4 Å². The fourth-order valence-electron chi connectivity index (χ4n) is 3.42. The summed E-state index contributed by atoms with van der Waals surface area (Å²) in [5.74, 6) is 0.564. The molecule has 1 saturated heterocycles. The van der Waals surface area contributed by atoms with Crippen molar-refractivity contribution in [1.29, 1.82) is 0 Å². The normalized spacial score (nSPS) is 16.8. The fourth-order valence-corrected chi connectivity index (χ4v) is 3.42. The minimum absolute atomic E-state index is 0.0997. The molecule has 1 saturated carbocycles. The molecule has 3 amide bonds. The van der Waals surface area contributed by atoms with E-state index in [0.29, 0.717) is 23.2 Å². The lowest BCUT2D eigenvalue weighted by atomic mass is 10.2. The summed E-state index contributed by atoms with van der Waals surface area (Å²) < 4.78 is 0. The van der Waals surface area contributed by atoms with Gasteiger partial charge in [-0.05, 0) is 49.9 Å². The highest BCUT2D eigenvalue weighted by Gasteiger charge is 2.23. The molecule has 2 aromatic rings. The SMILES string of the molecule is Nc1cc(C(=O)N2CCCCCC2)nc(-c2ccc(NC(=O)NC3CC3)cc2)n1. The van der Waals surface area contributed by atoms with Gasteiger partial charge in [-0.15, -0.1) is 0 Å². The molecule has 0 atom stereocenters. The molecule has 2 aliphatic rings. The number of urea groups is 1. The lowest BCUT2D eigenvalue weighted by Gasteiger charge is -2.20. The van der Waals surface area contributed by atoms with Crippen LogP contribution in [0, 0.1) is 0 Å². The molecule has 1 aliphatic carbocycles. The van der Waals surface area contributed by atoms with Crippen molar-refractivity contribution in [3.8, 4) is 11.4 Å². The van der Waals surface area contributed by atoms with Gasteiger partial charge < -0.3 is 21.3 Å². The molecule has 0 unspecified atom stereocenters. The molecule has 2 fully saturated rings. The Bertz CT molecular complexity index is 887. The third kappa shape index (κ3) is 5.01. The van der Waals surface area contributed by atoms with Gasteiger partial charge in [0.1, 0.15) is 11.5 Å². The van der Waals surface area contributed by atoms with Gasteiger partial charge in [-0.25, -0.2) is 14.8 Å². The van der Waals surface area contributed by atoms with Gasteiger partial charge in [0.15, 0.2) is 5.82 Å². The maximum atomic E-state index is 12.9. The number of hydrogen-bond donors (Lipinski definition) is 3. The van der Waals surface area contributed by atoms with Gasteiger partial charge in [0, 0.05) is 36.4 Å². The summed E-state index contributed by atoms with van der Waals surface area (Å²) in [5.41, 5.74) is 7.68. The lowest BCUT2D eigenvalue weighted by molar-refractivity contribution is 0.0755. The van der Waals surface area contributed by atoms with E-state index in [1.54, 1.807) is 12.1 Å². The zero-order valence-electron chi connectivity index (χ0n) is 16.4. The maximum Gasteiger partial charge on any atom is 0.319 e. The van der Waals surface area contributed by atoms with Crippen LogP contribution >= 0.6 is 0 Å². The summed E-state index contributed by atoms with van der Waals surface area (Å²) >= 11 is 0. The number of hydrogen-bond acceptors (Lipinski definition) is 5. The lowest BCUT2D eigenvalue weighted by Crippen LogP contribution is -2.32. The van der Waals surface area contributed by atoms with Crippen LogP contribution in [0.3, 0.4) is 0 Å². The van der Waals surface area contributed by atoms with E-state index in [0.717, 1.165) is 57.2 Å². The topological polar surface area (TPSA) is 113 Å². The van der Waals surface area contributed by atoms with E-state index < -0.39 is 0 Å². The Morgan fingerprint density at radius 1 is 1.00 bits per heavy atom.